The van der Waals surface area contributed by atoms with E-state index in [4.69, 9.17) is 4.42 Å². The first-order valence-electron chi connectivity index (χ1n) is 8.46. The number of benzene rings is 1. The summed E-state index contributed by atoms with van der Waals surface area (Å²) < 4.78 is 5.48. The van der Waals surface area contributed by atoms with Crippen LogP contribution in [0.1, 0.15) is 27.4 Å². The molecular formula is C21H20N2O3. The number of aromatic nitrogens is 1. The first kappa shape index (κ1) is 17.6. The molecule has 0 saturated heterocycles. The summed E-state index contributed by atoms with van der Waals surface area (Å²) >= 11 is 0. The third kappa shape index (κ3) is 4.66. The monoisotopic (exact) mass is 348 g/mol. The fraction of sp³-hybridized carbons (Fsp3) is 0.190. The number of hydrogen-bond acceptors (Lipinski definition) is 4. The second-order valence-corrected chi connectivity index (χ2v) is 6.09. The van der Waals surface area contributed by atoms with Gasteiger partial charge in [0.1, 0.15) is 5.76 Å². The first-order chi connectivity index (χ1) is 12.6. The Labute approximate surface area is 151 Å². The van der Waals surface area contributed by atoms with Crippen molar-refractivity contribution in [2.24, 2.45) is 0 Å². The summed E-state index contributed by atoms with van der Waals surface area (Å²) in [4.78, 5) is 30.5. The van der Waals surface area contributed by atoms with E-state index in [2.05, 4.69) is 4.98 Å². The molecule has 132 valence electrons. The third-order valence-corrected chi connectivity index (χ3v) is 4.00. The number of hydrogen-bond donors (Lipinski definition) is 0. The molecule has 0 saturated carbocycles. The first-order valence-corrected chi connectivity index (χ1v) is 8.46. The van der Waals surface area contributed by atoms with Crippen molar-refractivity contribution in [3.8, 4) is 0 Å². The summed E-state index contributed by atoms with van der Waals surface area (Å²) in [6.07, 6.45) is 4.14. The molecule has 0 N–H and O–H groups in total. The Balaban J connectivity index is 1.83. The van der Waals surface area contributed by atoms with Gasteiger partial charge in [0.2, 0.25) is 0 Å². The van der Waals surface area contributed by atoms with E-state index in [0.717, 1.165) is 11.1 Å². The predicted octanol–water partition coefficient (Wildman–Crippen LogP) is 3.23. The Kier molecular flexibility index (Phi) is 5.59. The number of carbonyl (C=O) groups is 1. The van der Waals surface area contributed by atoms with Crippen molar-refractivity contribution in [3.05, 3.63) is 99.9 Å². The lowest BCUT2D eigenvalue weighted by Gasteiger charge is -2.22. The van der Waals surface area contributed by atoms with Gasteiger partial charge in [0.15, 0.2) is 11.2 Å². The minimum atomic E-state index is -0.300. The van der Waals surface area contributed by atoms with Crippen molar-refractivity contribution in [3.63, 3.8) is 0 Å². The molecule has 2 aromatic heterocycles. The zero-order valence-corrected chi connectivity index (χ0v) is 14.6. The molecule has 0 bridgehead atoms. The van der Waals surface area contributed by atoms with E-state index in [1.165, 1.54) is 12.1 Å². The summed E-state index contributed by atoms with van der Waals surface area (Å²) in [5.41, 5.74) is 1.83. The number of carbonyl (C=O) groups excluding carboxylic acids is 1. The van der Waals surface area contributed by atoms with Crippen LogP contribution in [0.25, 0.3) is 0 Å². The summed E-state index contributed by atoms with van der Waals surface area (Å²) in [6.45, 7) is 2.57. The minimum Gasteiger partial charge on any atom is -0.456 e. The highest BCUT2D eigenvalue weighted by Gasteiger charge is 2.19. The van der Waals surface area contributed by atoms with Crippen molar-refractivity contribution in [1.82, 2.24) is 9.88 Å². The van der Waals surface area contributed by atoms with E-state index in [-0.39, 0.29) is 17.1 Å². The molecule has 0 radical (unpaired) electrons. The molecule has 1 aromatic carbocycles. The van der Waals surface area contributed by atoms with Gasteiger partial charge >= 0.3 is 0 Å². The van der Waals surface area contributed by atoms with Crippen molar-refractivity contribution < 1.29 is 9.21 Å². The second-order valence-electron chi connectivity index (χ2n) is 6.09. The second kappa shape index (κ2) is 8.25. The van der Waals surface area contributed by atoms with Crippen molar-refractivity contribution >= 4 is 5.91 Å². The molecule has 0 aliphatic carbocycles. The van der Waals surface area contributed by atoms with Crippen LogP contribution in [0.2, 0.25) is 0 Å². The molecule has 3 aromatic rings. The van der Waals surface area contributed by atoms with Gasteiger partial charge < -0.3 is 9.32 Å². The molecule has 5 nitrogen and oxygen atoms in total. The maximum absolute atomic E-state index is 12.9. The summed E-state index contributed by atoms with van der Waals surface area (Å²) in [5, 5.41) is 0. The highest BCUT2D eigenvalue weighted by molar-refractivity contribution is 5.91. The lowest BCUT2D eigenvalue weighted by Crippen LogP contribution is -2.33. The molecule has 0 aliphatic heterocycles. The topological polar surface area (TPSA) is 63.4 Å². The Morgan fingerprint density at radius 2 is 1.85 bits per heavy atom. The summed E-state index contributed by atoms with van der Waals surface area (Å²) in [5.74, 6) is 0.183. The Bertz CT molecular complexity index is 921. The maximum Gasteiger partial charge on any atom is 0.290 e. The molecule has 0 spiro atoms. The molecule has 3 rings (SSSR count). The molecular weight excluding hydrogens is 328 g/mol. The largest absolute Gasteiger partial charge is 0.456 e. The Morgan fingerprint density at radius 3 is 2.54 bits per heavy atom. The number of amides is 1. The standard InChI is InChI=1S/C21H20N2O3/c1-16-12-19(24)13-20(26-16)21(25)23(15-18-8-5-10-22-14-18)11-9-17-6-3-2-4-7-17/h2-8,10,12-14H,9,11,15H2,1H3. The lowest BCUT2D eigenvalue weighted by molar-refractivity contribution is 0.0708. The van der Waals surface area contributed by atoms with E-state index < -0.39 is 0 Å². The quantitative estimate of drug-likeness (QED) is 0.686. The molecule has 1 amide bonds. The van der Waals surface area contributed by atoms with Gasteiger partial charge in [-0.3, -0.25) is 14.6 Å². The van der Waals surface area contributed by atoms with E-state index in [0.29, 0.717) is 25.3 Å². The van der Waals surface area contributed by atoms with E-state index >= 15 is 0 Å². The smallest absolute Gasteiger partial charge is 0.290 e. The van der Waals surface area contributed by atoms with Crippen LogP contribution < -0.4 is 5.43 Å². The van der Waals surface area contributed by atoms with Gasteiger partial charge in [-0.1, -0.05) is 36.4 Å². The third-order valence-electron chi connectivity index (χ3n) is 4.00. The molecule has 5 heteroatoms. The number of pyridine rings is 1. The predicted molar refractivity (Wildman–Crippen MR) is 98.8 cm³/mol. The van der Waals surface area contributed by atoms with Crippen LogP contribution in [0.3, 0.4) is 0 Å². The Morgan fingerprint density at radius 1 is 1.08 bits per heavy atom. The summed E-state index contributed by atoms with van der Waals surface area (Å²) in [7, 11) is 0. The van der Waals surface area contributed by atoms with Crippen molar-refractivity contribution in [1.29, 1.82) is 0 Å². The number of nitrogens with zero attached hydrogens (tertiary/aromatic N) is 2. The van der Waals surface area contributed by atoms with E-state index in [9.17, 15) is 9.59 Å². The van der Waals surface area contributed by atoms with E-state index in [1.54, 1.807) is 24.2 Å². The fourth-order valence-corrected chi connectivity index (χ4v) is 2.74. The van der Waals surface area contributed by atoms with E-state index in [1.807, 2.05) is 42.5 Å². The molecule has 0 fully saturated rings. The van der Waals surface area contributed by atoms with Gasteiger partial charge in [-0.25, -0.2) is 0 Å². The molecule has 0 aliphatic rings. The number of aryl methyl sites for hydroxylation is 1. The van der Waals surface area contributed by atoms with Crippen LogP contribution in [-0.4, -0.2) is 22.3 Å². The highest BCUT2D eigenvalue weighted by atomic mass is 16.3. The Hall–Kier alpha value is -3.21. The molecule has 0 unspecified atom stereocenters. The highest BCUT2D eigenvalue weighted by Crippen LogP contribution is 2.12. The normalized spacial score (nSPS) is 10.5. The van der Waals surface area contributed by atoms with Gasteiger partial charge in [0, 0.05) is 37.6 Å². The van der Waals surface area contributed by atoms with Crippen LogP contribution >= 0.6 is 0 Å². The van der Waals surface area contributed by atoms with Crippen LogP contribution in [0.4, 0.5) is 0 Å². The molecule has 26 heavy (non-hydrogen) atoms. The average molecular weight is 348 g/mol. The van der Waals surface area contributed by atoms with Crippen LogP contribution in [0.15, 0.2) is 76.2 Å². The minimum absolute atomic E-state index is 0.0620. The van der Waals surface area contributed by atoms with Gasteiger partial charge in [-0.05, 0) is 30.5 Å². The van der Waals surface area contributed by atoms with Crippen molar-refractivity contribution in [2.45, 2.75) is 19.9 Å². The van der Waals surface area contributed by atoms with Crippen LogP contribution in [0, 0.1) is 6.92 Å². The van der Waals surface area contributed by atoms with Gasteiger partial charge in [-0.15, -0.1) is 0 Å². The SMILES string of the molecule is Cc1cc(=O)cc(C(=O)N(CCc2ccccc2)Cc2cccnc2)o1. The van der Waals surface area contributed by atoms with Gasteiger partial charge in [-0.2, -0.15) is 0 Å². The lowest BCUT2D eigenvalue weighted by atomic mass is 10.1. The van der Waals surface area contributed by atoms with Crippen molar-refractivity contribution in [2.75, 3.05) is 6.54 Å². The molecule has 0 atom stereocenters. The van der Waals surface area contributed by atoms with Gasteiger partial charge in [0.25, 0.3) is 5.91 Å². The van der Waals surface area contributed by atoms with Gasteiger partial charge in [0.05, 0.1) is 0 Å². The zero-order chi connectivity index (χ0) is 18.4. The average Bonchev–Trinajstić information content (AvgIpc) is 2.65. The maximum atomic E-state index is 12.9. The van der Waals surface area contributed by atoms with Crippen LogP contribution in [-0.2, 0) is 13.0 Å². The summed E-state index contributed by atoms with van der Waals surface area (Å²) in [6, 6.07) is 16.3. The van der Waals surface area contributed by atoms with Crippen LogP contribution in [0.5, 0.6) is 0 Å². The fourth-order valence-electron chi connectivity index (χ4n) is 2.74. The molecule has 2 heterocycles. The zero-order valence-electron chi connectivity index (χ0n) is 14.6. The number of rotatable bonds is 6.